The van der Waals surface area contributed by atoms with Crippen LogP contribution in [-0.4, -0.2) is 45.1 Å². The van der Waals surface area contributed by atoms with Gasteiger partial charge in [-0.25, -0.2) is 4.79 Å². The Balaban J connectivity index is 2.41. The van der Waals surface area contributed by atoms with E-state index in [9.17, 15) is 14.4 Å². The molecule has 8 nitrogen and oxygen atoms in total. The highest BCUT2D eigenvalue weighted by Crippen LogP contribution is 2.26. The smallest absolute Gasteiger partial charge is 0.410 e. The van der Waals surface area contributed by atoms with Crippen LogP contribution in [0.1, 0.15) is 55.5 Å². The number of nitrogens with zero attached hydrogens (tertiary/aromatic N) is 3. The summed E-state index contributed by atoms with van der Waals surface area (Å²) in [5.41, 5.74) is 6.10. The van der Waals surface area contributed by atoms with Crippen molar-refractivity contribution in [1.29, 1.82) is 0 Å². The van der Waals surface area contributed by atoms with Crippen molar-refractivity contribution in [2.24, 2.45) is 5.73 Å². The average molecular weight is 322 g/mol. The number of ether oxygens (including phenoxy) is 1. The van der Waals surface area contributed by atoms with E-state index in [4.69, 9.17) is 10.5 Å². The van der Waals surface area contributed by atoms with Gasteiger partial charge >= 0.3 is 6.09 Å². The molecule has 1 aromatic rings. The summed E-state index contributed by atoms with van der Waals surface area (Å²) in [6.07, 6.45) is 0.679. The fourth-order valence-electron chi connectivity index (χ4n) is 2.59. The lowest BCUT2D eigenvalue weighted by molar-refractivity contribution is -0.111. The van der Waals surface area contributed by atoms with Crippen LogP contribution in [0.5, 0.6) is 0 Å². The second-order valence-electron chi connectivity index (χ2n) is 6.50. The van der Waals surface area contributed by atoms with Gasteiger partial charge in [-0.2, -0.15) is 5.10 Å². The Morgan fingerprint density at radius 1 is 1.43 bits per heavy atom. The molecule has 0 saturated heterocycles. The van der Waals surface area contributed by atoms with Crippen LogP contribution in [0.4, 0.5) is 4.79 Å². The number of aromatic nitrogens is 2. The van der Waals surface area contributed by atoms with Gasteiger partial charge in [0.25, 0.3) is 5.91 Å². The van der Waals surface area contributed by atoms with Gasteiger partial charge in [-0.1, -0.05) is 6.92 Å². The fraction of sp³-hybridized carbons (Fsp3) is 0.600. The monoisotopic (exact) mass is 322 g/mol. The maximum absolute atomic E-state index is 12.3. The summed E-state index contributed by atoms with van der Waals surface area (Å²) < 4.78 is 6.84. The highest BCUT2D eigenvalue weighted by molar-refractivity contribution is 5.95. The molecule has 0 aliphatic carbocycles. The van der Waals surface area contributed by atoms with Crippen LogP contribution < -0.4 is 5.73 Å². The van der Waals surface area contributed by atoms with Crippen molar-refractivity contribution in [1.82, 2.24) is 14.7 Å². The van der Waals surface area contributed by atoms with Gasteiger partial charge in [0.1, 0.15) is 17.9 Å². The summed E-state index contributed by atoms with van der Waals surface area (Å²) in [6, 6.07) is -0.662. The predicted molar refractivity (Wildman–Crippen MR) is 81.9 cm³/mol. The molecule has 1 aromatic heterocycles. The number of primary amides is 1. The Labute approximate surface area is 134 Å². The zero-order valence-corrected chi connectivity index (χ0v) is 13.8. The van der Waals surface area contributed by atoms with Crippen molar-refractivity contribution >= 4 is 18.3 Å². The Kier molecular flexibility index (Phi) is 4.44. The highest BCUT2D eigenvalue weighted by atomic mass is 16.6. The molecule has 0 fully saturated rings. The normalized spacial score (nSPS) is 17.6. The van der Waals surface area contributed by atoms with Gasteiger partial charge in [0.15, 0.2) is 0 Å². The molecule has 0 bridgehead atoms. The largest absolute Gasteiger partial charge is 0.444 e. The molecule has 1 atom stereocenters. The summed E-state index contributed by atoms with van der Waals surface area (Å²) in [5.74, 6) is -0.612. The minimum Gasteiger partial charge on any atom is -0.444 e. The molecule has 2 N–H and O–H groups in total. The Morgan fingerprint density at radius 2 is 2.09 bits per heavy atom. The standard InChI is InChI=1S/C15H22N4O4/c1-5-10-12(13(16)21)11-7-18(14(22)23-15(2,3)4)6-9(8-20)19(11)17-10/h8-9H,5-7H2,1-4H3,(H2,16,21). The number of aldehydes is 1. The molecule has 1 aliphatic rings. The molecule has 0 saturated carbocycles. The molecule has 1 aliphatic heterocycles. The summed E-state index contributed by atoms with van der Waals surface area (Å²) in [7, 11) is 0. The van der Waals surface area contributed by atoms with Crippen LogP contribution in [0, 0.1) is 0 Å². The Bertz CT molecular complexity index is 645. The van der Waals surface area contributed by atoms with E-state index in [0.29, 0.717) is 24.1 Å². The van der Waals surface area contributed by atoms with Crippen LogP contribution in [0.15, 0.2) is 0 Å². The molecule has 126 valence electrons. The molecule has 0 aromatic carbocycles. The minimum atomic E-state index is -0.662. The van der Waals surface area contributed by atoms with E-state index in [1.807, 2.05) is 6.92 Å². The first-order valence-corrected chi connectivity index (χ1v) is 7.51. The number of carbonyl (C=O) groups is 3. The first-order valence-electron chi connectivity index (χ1n) is 7.51. The third-order valence-corrected chi connectivity index (χ3v) is 3.53. The van der Waals surface area contributed by atoms with Gasteiger partial charge in [-0.3, -0.25) is 14.4 Å². The maximum atomic E-state index is 12.3. The van der Waals surface area contributed by atoms with Crippen LogP contribution in [0.3, 0.4) is 0 Å². The second-order valence-corrected chi connectivity index (χ2v) is 6.50. The molecule has 0 spiro atoms. The SMILES string of the molecule is CCc1nn2c(c1C(N)=O)CN(C(=O)OC(C)(C)C)CC2C=O. The molecular weight excluding hydrogens is 300 g/mol. The van der Waals surface area contributed by atoms with Gasteiger partial charge < -0.3 is 15.3 Å². The van der Waals surface area contributed by atoms with E-state index in [0.717, 1.165) is 0 Å². The van der Waals surface area contributed by atoms with Crippen LogP contribution in [0.25, 0.3) is 0 Å². The van der Waals surface area contributed by atoms with Gasteiger partial charge in [0.05, 0.1) is 30.0 Å². The topological polar surface area (TPSA) is 108 Å². The molecule has 0 radical (unpaired) electrons. The summed E-state index contributed by atoms with van der Waals surface area (Å²) in [4.78, 5) is 36.8. The lowest BCUT2D eigenvalue weighted by Crippen LogP contribution is -2.44. The number of carbonyl (C=O) groups excluding carboxylic acids is 3. The van der Waals surface area contributed by atoms with Crippen molar-refractivity contribution in [2.75, 3.05) is 6.54 Å². The summed E-state index contributed by atoms with van der Waals surface area (Å²) in [6.45, 7) is 7.42. The predicted octanol–water partition coefficient (Wildman–Crippen LogP) is 1.04. The van der Waals surface area contributed by atoms with Crippen molar-refractivity contribution in [3.63, 3.8) is 0 Å². The maximum Gasteiger partial charge on any atom is 0.410 e. The van der Waals surface area contributed by atoms with Crippen LogP contribution in [-0.2, 0) is 22.5 Å². The lowest BCUT2D eigenvalue weighted by atomic mass is 10.1. The van der Waals surface area contributed by atoms with Crippen LogP contribution >= 0.6 is 0 Å². The minimum absolute atomic E-state index is 0.129. The number of rotatable bonds is 3. The number of hydrogen-bond acceptors (Lipinski definition) is 5. The third kappa shape index (κ3) is 3.35. The van der Waals surface area contributed by atoms with E-state index >= 15 is 0 Å². The fourth-order valence-corrected chi connectivity index (χ4v) is 2.59. The van der Waals surface area contributed by atoms with Crippen molar-refractivity contribution in [3.8, 4) is 0 Å². The van der Waals surface area contributed by atoms with E-state index in [1.165, 1.54) is 9.58 Å². The van der Waals surface area contributed by atoms with Crippen LogP contribution in [0.2, 0.25) is 0 Å². The number of nitrogens with two attached hydrogens (primary N) is 1. The molecule has 23 heavy (non-hydrogen) atoms. The van der Waals surface area contributed by atoms with Crippen molar-refractivity contribution < 1.29 is 19.1 Å². The zero-order chi connectivity index (χ0) is 17.4. The number of hydrogen-bond donors (Lipinski definition) is 1. The molecule has 2 heterocycles. The first kappa shape index (κ1) is 17.0. The second kappa shape index (κ2) is 6.02. The van der Waals surface area contributed by atoms with E-state index in [2.05, 4.69) is 5.10 Å². The molecule has 2 rings (SSSR count). The summed E-state index contributed by atoms with van der Waals surface area (Å²) in [5, 5.41) is 4.32. The number of amides is 2. The van der Waals surface area contributed by atoms with Gasteiger partial charge in [0.2, 0.25) is 0 Å². The van der Waals surface area contributed by atoms with Gasteiger partial charge in [-0.05, 0) is 27.2 Å². The third-order valence-electron chi connectivity index (χ3n) is 3.53. The lowest BCUT2D eigenvalue weighted by Gasteiger charge is -2.33. The van der Waals surface area contributed by atoms with E-state index in [-0.39, 0.29) is 18.7 Å². The van der Waals surface area contributed by atoms with E-state index in [1.54, 1.807) is 20.8 Å². The molecule has 1 unspecified atom stereocenters. The van der Waals surface area contributed by atoms with Gasteiger partial charge in [-0.15, -0.1) is 0 Å². The van der Waals surface area contributed by atoms with E-state index < -0.39 is 23.6 Å². The van der Waals surface area contributed by atoms with Crippen molar-refractivity contribution in [2.45, 2.75) is 52.3 Å². The number of fused-ring (bicyclic) bond motifs is 1. The zero-order valence-electron chi connectivity index (χ0n) is 13.8. The quantitative estimate of drug-likeness (QED) is 0.836. The highest BCUT2D eigenvalue weighted by Gasteiger charge is 2.35. The van der Waals surface area contributed by atoms with Crippen molar-refractivity contribution in [3.05, 3.63) is 17.0 Å². The molecule has 8 heteroatoms. The van der Waals surface area contributed by atoms with Gasteiger partial charge in [0, 0.05) is 0 Å². The molecular formula is C15H22N4O4. The Hall–Kier alpha value is -2.38. The average Bonchev–Trinajstić information content (AvgIpc) is 2.82. The molecule has 2 amide bonds. The Morgan fingerprint density at radius 3 is 2.57 bits per heavy atom. The number of aryl methyl sites for hydroxylation is 1. The summed E-state index contributed by atoms with van der Waals surface area (Å²) >= 11 is 0. The first-order chi connectivity index (χ1) is 10.7.